The average molecular weight is 509 g/mol. The molecule has 1 fully saturated rings. The molecule has 0 aliphatic heterocycles. The molecule has 0 atom stereocenters. The minimum absolute atomic E-state index is 0.132. The Bertz CT molecular complexity index is 1370. The van der Waals surface area contributed by atoms with E-state index in [9.17, 15) is 18.0 Å². The van der Waals surface area contributed by atoms with Gasteiger partial charge in [-0.1, -0.05) is 31.2 Å². The summed E-state index contributed by atoms with van der Waals surface area (Å²) in [7, 11) is 0. The van der Waals surface area contributed by atoms with Crippen LogP contribution < -0.4 is 5.32 Å². The average Bonchev–Trinajstić information content (AvgIpc) is 3.63. The highest BCUT2D eigenvalue weighted by Crippen LogP contribution is 2.40. The van der Waals surface area contributed by atoms with Gasteiger partial charge in [0.1, 0.15) is 0 Å². The first-order chi connectivity index (χ1) is 17.3. The molecule has 0 spiro atoms. The number of fused-ring (bicyclic) bond motifs is 1. The van der Waals surface area contributed by atoms with Crippen LogP contribution in [0.25, 0.3) is 10.9 Å². The molecule has 0 bridgehead atoms. The van der Waals surface area contributed by atoms with Gasteiger partial charge in [-0.2, -0.15) is 13.2 Å². The normalized spacial score (nSPS) is 13.8. The van der Waals surface area contributed by atoms with Gasteiger partial charge in [0.15, 0.2) is 0 Å². The predicted molar refractivity (Wildman–Crippen MR) is 138 cm³/mol. The summed E-state index contributed by atoms with van der Waals surface area (Å²) < 4.78 is 41.1. The lowest BCUT2D eigenvalue weighted by Gasteiger charge is -2.11. The molecule has 1 saturated carbocycles. The lowest BCUT2D eigenvalue weighted by Crippen LogP contribution is -2.22. The van der Waals surface area contributed by atoms with Crippen LogP contribution in [0.5, 0.6) is 0 Å². The van der Waals surface area contributed by atoms with Gasteiger partial charge in [-0.25, -0.2) is 0 Å². The molecule has 0 saturated heterocycles. The fourth-order valence-electron chi connectivity index (χ4n) is 4.51. The number of halogens is 3. The van der Waals surface area contributed by atoms with E-state index in [1.807, 2.05) is 30.3 Å². The minimum atomic E-state index is -4.34. The summed E-state index contributed by atoms with van der Waals surface area (Å²) in [6, 6.07) is 21.8. The molecule has 3 aromatic carbocycles. The molecule has 3 nitrogen and oxygen atoms in total. The van der Waals surface area contributed by atoms with Gasteiger partial charge in [0, 0.05) is 46.1 Å². The van der Waals surface area contributed by atoms with Crippen LogP contribution in [0.3, 0.4) is 0 Å². The van der Waals surface area contributed by atoms with E-state index in [2.05, 4.69) is 35.0 Å². The maximum Gasteiger partial charge on any atom is 0.416 e. The second-order valence-electron chi connectivity index (χ2n) is 9.14. The summed E-state index contributed by atoms with van der Waals surface area (Å²) in [6.07, 6.45) is -1.63. The summed E-state index contributed by atoms with van der Waals surface area (Å²) >= 11 is 1.78. The number of rotatable bonds is 8. The molecule has 1 aliphatic carbocycles. The molecule has 1 N–H and O–H groups in total. The maximum atomic E-state index is 12.9. The number of nitrogens with one attached hydrogen (secondary N) is 1. The number of carbonyl (C=O) groups is 1. The molecule has 186 valence electrons. The van der Waals surface area contributed by atoms with E-state index in [1.54, 1.807) is 23.9 Å². The summed E-state index contributed by atoms with van der Waals surface area (Å²) in [5.74, 6) is 0.889. The lowest BCUT2D eigenvalue weighted by molar-refractivity contribution is -0.137. The molecule has 4 aromatic rings. The zero-order valence-corrected chi connectivity index (χ0v) is 20.8. The van der Waals surface area contributed by atoms with Crippen LogP contribution >= 0.6 is 11.8 Å². The Morgan fingerprint density at radius 2 is 1.67 bits per heavy atom. The number of benzene rings is 3. The van der Waals surface area contributed by atoms with Crippen LogP contribution in [0.4, 0.5) is 13.2 Å². The molecule has 1 amide bonds. The van der Waals surface area contributed by atoms with Crippen molar-refractivity contribution < 1.29 is 18.0 Å². The zero-order chi connectivity index (χ0) is 25.3. The SMILES string of the molecule is CCSc1ccc(CNC(=O)c2ccc3c(c2)cc(Cc2ccc(C(F)(F)F)cc2)n3C2CC2)cc1. The summed E-state index contributed by atoms with van der Waals surface area (Å²) in [4.78, 5) is 14.1. The first-order valence-electron chi connectivity index (χ1n) is 12.1. The van der Waals surface area contributed by atoms with E-state index >= 15 is 0 Å². The number of hydrogen-bond acceptors (Lipinski definition) is 2. The second kappa shape index (κ2) is 10.1. The number of hydrogen-bond donors (Lipinski definition) is 1. The molecule has 7 heteroatoms. The predicted octanol–water partition coefficient (Wildman–Crippen LogP) is 7.63. The molecule has 1 aliphatic rings. The third kappa shape index (κ3) is 5.46. The molecular weight excluding hydrogens is 481 g/mol. The zero-order valence-electron chi connectivity index (χ0n) is 19.9. The number of aromatic nitrogens is 1. The number of thioether (sulfide) groups is 1. The fourth-order valence-corrected chi connectivity index (χ4v) is 5.17. The maximum absolute atomic E-state index is 12.9. The Hall–Kier alpha value is -3.19. The Kier molecular flexibility index (Phi) is 6.84. The molecule has 1 aromatic heterocycles. The van der Waals surface area contributed by atoms with E-state index in [0.717, 1.165) is 58.5 Å². The first kappa shape index (κ1) is 24.5. The van der Waals surface area contributed by atoms with Crippen molar-refractivity contribution in [2.75, 3.05) is 5.75 Å². The Morgan fingerprint density at radius 1 is 0.972 bits per heavy atom. The Balaban J connectivity index is 1.33. The van der Waals surface area contributed by atoms with Crippen LogP contribution in [0, 0.1) is 0 Å². The summed E-state index contributed by atoms with van der Waals surface area (Å²) in [6.45, 7) is 2.57. The van der Waals surface area contributed by atoms with E-state index in [1.165, 1.54) is 4.90 Å². The van der Waals surface area contributed by atoms with Crippen molar-refractivity contribution in [1.29, 1.82) is 0 Å². The van der Waals surface area contributed by atoms with Gasteiger partial charge < -0.3 is 9.88 Å². The Morgan fingerprint density at radius 3 is 2.31 bits per heavy atom. The van der Waals surface area contributed by atoms with Gasteiger partial charge in [-0.05, 0) is 78.3 Å². The van der Waals surface area contributed by atoms with Crippen molar-refractivity contribution in [2.24, 2.45) is 0 Å². The van der Waals surface area contributed by atoms with E-state index in [-0.39, 0.29) is 5.91 Å². The first-order valence-corrected chi connectivity index (χ1v) is 13.1. The fraction of sp³-hybridized carbons (Fsp3) is 0.276. The van der Waals surface area contributed by atoms with Crippen molar-refractivity contribution in [2.45, 2.75) is 49.8 Å². The van der Waals surface area contributed by atoms with Gasteiger partial charge in [-0.15, -0.1) is 11.8 Å². The molecule has 1 heterocycles. The molecule has 0 radical (unpaired) electrons. The van der Waals surface area contributed by atoms with Crippen molar-refractivity contribution >= 4 is 28.6 Å². The molecule has 0 unspecified atom stereocenters. The smallest absolute Gasteiger partial charge is 0.348 e. The second-order valence-corrected chi connectivity index (χ2v) is 10.5. The van der Waals surface area contributed by atoms with Crippen LogP contribution in [0.2, 0.25) is 0 Å². The number of amides is 1. The van der Waals surface area contributed by atoms with Crippen LogP contribution in [0.15, 0.2) is 77.7 Å². The quantitative estimate of drug-likeness (QED) is 0.248. The molecule has 36 heavy (non-hydrogen) atoms. The van der Waals surface area contributed by atoms with Crippen molar-refractivity contribution in [1.82, 2.24) is 9.88 Å². The largest absolute Gasteiger partial charge is 0.416 e. The number of alkyl halides is 3. The van der Waals surface area contributed by atoms with Crippen LogP contribution in [0.1, 0.15) is 58.5 Å². The third-order valence-electron chi connectivity index (χ3n) is 6.45. The van der Waals surface area contributed by atoms with Crippen LogP contribution in [-0.4, -0.2) is 16.2 Å². The minimum Gasteiger partial charge on any atom is -0.348 e. The van der Waals surface area contributed by atoms with Gasteiger partial charge in [0.2, 0.25) is 0 Å². The molecule has 5 rings (SSSR count). The van der Waals surface area contributed by atoms with Gasteiger partial charge in [0.05, 0.1) is 5.56 Å². The summed E-state index contributed by atoms with van der Waals surface area (Å²) in [5.41, 5.74) is 3.93. The van der Waals surface area contributed by atoms with E-state index in [0.29, 0.717) is 24.6 Å². The topological polar surface area (TPSA) is 34.0 Å². The third-order valence-corrected chi connectivity index (χ3v) is 7.34. The summed E-state index contributed by atoms with van der Waals surface area (Å²) in [5, 5.41) is 3.97. The number of nitrogens with zero attached hydrogens (tertiary/aromatic N) is 1. The van der Waals surface area contributed by atoms with Crippen molar-refractivity contribution in [3.8, 4) is 0 Å². The number of carbonyl (C=O) groups excluding carboxylic acids is 1. The van der Waals surface area contributed by atoms with E-state index in [4.69, 9.17) is 0 Å². The van der Waals surface area contributed by atoms with Gasteiger partial charge in [0.25, 0.3) is 5.91 Å². The highest BCUT2D eigenvalue weighted by Gasteiger charge is 2.30. The Labute approximate surface area is 212 Å². The van der Waals surface area contributed by atoms with E-state index < -0.39 is 11.7 Å². The van der Waals surface area contributed by atoms with Gasteiger partial charge >= 0.3 is 6.18 Å². The van der Waals surface area contributed by atoms with Crippen LogP contribution in [-0.2, 0) is 19.1 Å². The standard InChI is InChI=1S/C29H27F3N2OS/c1-2-36-26-12-5-20(6-13-26)18-33-28(35)21-7-14-27-22(16-21)17-25(34(27)24-10-11-24)15-19-3-8-23(9-4-19)29(30,31)32/h3-9,12-14,16-17,24H,2,10-11,15,18H2,1H3,(H,33,35). The highest BCUT2D eigenvalue weighted by molar-refractivity contribution is 7.99. The highest BCUT2D eigenvalue weighted by atomic mass is 32.2. The monoisotopic (exact) mass is 508 g/mol. The lowest BCUT2D eigenvalue weighted by atomic mass is 10.1. The van der Waals surface area contributed by atoms with Crippen molar-refractivity contribution in [3.63, 3.8) is 0 Å². The van der Waals surface area contributed by atoms with Gasteiger partial charge in [-0.3, -0.25) is 4.79 Å². The molecular formula is C29H27F3N2OS. The van der Waals surface area contributed by atoms with Crippen molar-refractivity contribution in [3.05, 3.63) is 101 Å².